The van der Waals surface area contributed by atoms with Crippen LogP contribution in [0.3, 0.4) is 0 Å². The number of hydrogen-bond acceptors (Lipinski definition) is 4. The van der Waals surface area contributed by atoms with Crippen molar-refractivity contribution in [3.8, 4) is 0 Å². The summed E-state index contributed by atoms with van der Waals surface area (Å²) in [6.07, 6.45) is 0. The molecule has 0 spiro atoms. The van der Waals surface area contributed by atoms with Gasteiger partial charge in [0.05, 0.1) is 0 Å². The number of aromatic nitrogens is 2. The second-order valence-corrected chi connectivity index (χ2v) is 5.95. The molecule has 1 N–H and O–H groups in total. The van der Waals surface area contributed by atoms with Crippen LogP contribution in [0.5, 0.6) is 0 Å². The van der Waals surface area contributed by atoms with Gasteiger partial charge in [0.25, 0.3) is 0 Å². The molecule has 4 nitrogen and oxygen atoms in total. The fourth-order valence-corrected chi connectivity index (χ4v) is 1.98. The fourth-order valence-electron chi connectivity index (χ4n) is 1.98. The van der Waals surface area contributed by atoms with E-state index in [-0.39, 0.29) is 5.54 Å². The maximum atomic E-state index is 4.65. The van der Waals surface area contributed by atoms with E-state index in [1.165, 1.54) is 5.56 Å². The zero-order chi connectivity index (χ0) is 14.6. The van der Waals surface area contributed by atoms with Gasteiger partial charge in [-0.05, 0) is 48.5 Å². The van der Waals surface area contributed by atoms with Gasteiger partial charge in [0.15, 0.2) is 0 Å². The summed E-state index contributed by atoms with van der Waals surface area (Å²) >= 11 is 0. The lowest BCUT2D eigenvalue weighted by Gasteiger charge is -2.23. The van der Waals surface area contributed by atoms with Crippen molar-refractivity contribution in [3.63, 3.8) is 0 Å². The van der Waals surface area contributed by atoms with Crippen LogP contribution in [0.15, 0.2) is 0 Å². The van der Waals surface area contributed by atoms with Crippen LogP contribution < -0.4 is 10.2 Å². The molecule has 0 atom stereocenters. The number of nitrogens with zero attached hydrogens (tertiary/aromatic N) is 3. The van der Waals surface area contributed by atoms with Gasteiger partial charge in [0.2, 0.25) is 5.95 Å². The molecule has 0 saturated carbocycles. The second-order valence-electron chi connectivity index (χ2n) is 5.95. The quantitative estimate of drug-likeness (QED) is 0.888. The van der Waals surface area contributed by atoms with Gasteiger partial charge in [-0.3, -0.25) is 0 Å². The van der Waals surface area contributed by atoms with Crippen LogP contribution in [0.2, 0.25) is 0 Å². The second kappa shape index (κ2) is 6.33. The van der Waals surface area contributed by atoms with E-state index in [9.17, 15) is 0 Å². The minimum Gasteiger partial charge on any atom is -0.341 e. The monoisotopic (exact) mass is 264 g/mol. The Morgan fingerprint density at radius 2 is 1.47 bits per heavy atom. The largest absolute Gasteiger partial charge is 0.341 e. The first-order valence-electron chi connectivity index (χ1n) is 7.12. The minimum absolute atomic E-state index is 0.108. The maximum Gasteiger partial charge on any atom is 0.225 e. The lowest BCUT2D eigenvalue weighted by Crippen LogP contribution is -2.35. The SMILES string of the molecule is CCN(CC)c1nc(C)c(CNC(C)(C)C)c(C)n1. The summed E-state index contributed by atoms with van der Waals surface area (Å²) in [5.41, 5.74) is 3.47. The van der Waals surface area contributed by atoms with E-state index in [1.807, 2.05) is 0 Å². The van der Waals surface area contributed by atoms with E-state index in [0.29, 0.717) is 0 Å². The van der Waals surface area contributed by atoms with Gasteiger partial charge in [0.1, 0.15) is 0 Å². The first kappa shape index (κ1) is 15.9. The lowest BCUT2D eigenvalue weighted by molar-refractivity contribution is 0.422. The standard InChI is InChI=1S/C15H28N4/c1-8-19(9-2)14-17-11(3)13(12(4)18-14)10-16-15(5,6)7/h16H,8-10H2,1-7H3. The van der Waals surface area contributed by atoms with Crippen LogP contribution in [-0.4, -0.2) is 28.6 Å². The summed E-state index contributed by atoms with van der Waals surface area (Å²) < 4.78 is 0. The molecule has 0 aliphatic rings. The predicted octanol–water partition coefficient (Wildman–Crippen LogP) is 2.83. The summed E-state index contributed by atoms with van der Waals surface area (Å²) in [7, 11) is 0. The number of aryl methyl sites for hydroxylation is 2. The summed E-state index contributed by atoms with van der Waals surface area (Å²) in [6, 6.07) is 0. The Morgan fingerprint density at radius 3 is 1.84 bits per heavy atom. The molecule has 1 heterocycles. The van der Waals surface area contributed by atoms with Crippen molar-refractivity contribution in [2.45, 2.75) is 60.5 Å². The predicted molar refractivity (Wildman–Crippen MR) is 81.7 cm³/mol. The molecule has 0 aliphatic carbocycles. The van der Waals surface area contributed by atoms with E-state index in [0.717, 1.165) is 37.0 Å². The molecule has 4 heteroatoms. The van der Waals surface area contributed by atoms with E-state index < -0.39 is 0 Å². The van der Waals surface area contributed by atoms with Gasteiger partial charge in [-0.2, -0.15) is 0 Å². The zero-order valence-electron chi connectivity index (χ0n) is 13.5. The first-order chi connectivity index (χ1) is 8.78. The molecule has 19 heavy (non-hydrogen) atoms. The van der Waals surface area contributed by atoms with Gasteiger partial charge in [0, 0.05) is 42.1 Å². The molecule has 0 unspecified atom stereocenters. The Balaban J connectivity index is 2.97. The fraction of sp³-hybridized carbons (Fsp3) is 0.733. The number of rotatable bonds is 5. The van der Waals surface area contributed by atoms with Gasteiger partial charge in [-0.25, -0.2) is 9.97 Å². The Labute approximate surface area is 117 Å². The van der Waals surface area contributed by atoms with Gasteiger partial charge >= 0.3 is 0 Å². The van der Waals surface area contributed by atoms with Crippen LogP contribution in [0, 0.1) is 13.8 Å². The Bertz CT molecular complexity index is 394. The minimum atomic E-state index is 0.108. The Morgan fingerprint density at radius 1 is 1.00 bits per heavy atom. The highest BCUT2D eigenvalue weighted by molar-refractivity contribution is 5.36. The number of nitrogens with one attached hydrogen (secondary N) is 1. The normalized spacial score (nSPS) is 11.7. The summed E-state index contributed by atoms with van der Waals surface area (Å²) in [5, 5.41) is 3.50. The third-order valence-electron chi connectivity index (χ3n) is 3.25. The topological polar surface area (TPSA) is 41.1 Å². The molecule has 0 radical (unpaired) electrons. The van der Waals surface area contributed by atoms with Crippen LogP contribution in [-0.2, 0) is 6.54 Å². The van der Waals surface area contributed by atoms with Crippen molar-refractivity contribution >= 4 is 5.95 Å². The molecule has 1 rings (SSSR count). The highest BCUT2D eigenvalue weighted by Gasteiger charge is 2.14. The molecular formula is C15H28N4. The smallest absolute Gasteiger partial charge is 0.225 e. The lowest BCUT2D eigenvalue weighted by atomic mass is 10.1. The Kier molecular flexibility index (Phi) is 5.29. The van der Waals surface area contributed by atoms with E-state index in [1.54, 1.807) is 0 Å². The van der Waals surface area contributed by atoms with Gasteiger partial charge < -0.3 is 10.2 Å². The molecule has 0 amide bonds. The molecule has 1 aromatic rings. The van der Waals surface area contributed by atoms with E-state index >= 15 is 0 Å². The highest BCUT2D eigenvalue weighted by Crippen LogP contribution is 2.16. The van der Waals surface area contributed by atoms with Crippen molar-refractivity contribution in [1.29, 1.82) is 0 Å². The maximum absolute atomic E-state index is 4.65. The van der Waals surface area contributed by atoms with Crippen molar-refractivity contribution < 1.29 is 0 Å². The van der Waals surface area contributed by atoms with Crippen molar-refractivity contribution in [3.05, 3.63) is 17.0 Å². The van der Waals surface area contributed by atoms with Crippen molar-refractivity contribution in [2.75, 3.05) is 18.0 Å². The van der Waals surface area contributed by atoms with E-state index in [2.05, 4.69) is 68.7 Å². The molecular weight excluding hydrogens is 236 g/mol. The third-order valence-corrected chi connectivity index (χ3v) is 3.25. The molecule has 0 fully saturated rings. The van der Waals surface area contributed by atoms with E-state index in [4.69, 9.17) is 0 Å². The molecule has 0 aliphatic heterocycles. The summed E-state index contributed by atoms with van der Waals surface area (Å²) in [5.74, 6) is 0.847. The molecule has 0 aromatic carbocycles. The molecule has 1 aromatic heterocycles. The van der Waals surface area contributed by atoms with Crippen molar-refractivity contribution in [1.82, 2.24) is 15.3 Å². The van der Waals surface area contributed by atoms with Crippen LogP contribution in [0.25, 0.3) is 0 Å². The molecule has 0 bridgehead atoms. The third kappa shape index (κ3) is 4.46. The molecule has 108 valence electrons. The van der Waals surface area contributed by atoms with Gasteiger partial charge in [-0.15, -0.1) is 0 Å². The highest BCUT2D eigenvalue weighted by atomic mass is 15.2. The van der Waals surface area contributed by atoms with Crippen LogP contribution in [0.1, 0.15) is 51.6 Å². The van der Waals surface area contributed by atoms with Crippen molar-refractivity contribution in [2.24, 2.45) is 0 Å². The Hall–Kier alpha value is -1.16. The van der Waals surface area contributed by atoms with Crippen LogP contribution >= 0.6 is 0 Å². The summed E-state index contributed by atoms with van der Waals surface area (Å²) in [4.78, 5) is 11.5. The average molecular weight is 264 g/mol. The first-order valence-corrected chi connectivity index (χ1v) is 7.12. The zero-order valence-corrected chi connectivity index (χ0v) is 13.5. The average Bonchev–Trinajstić information content (AvgIpc) is 2.28. The van der Waals surface area contributed by atoms with Gasteiger partial charge in [-0.1, -0.05) is 0 Å². The number of anilines is 1. The van der Waals surface area contributed by atoms with Crippen LogP contribution in [0.4, 0.5) is 5.95 Å². The number of hydrogen-bond donors (Lipinski definition) is 1. The summed E-state index contributed by atoms with van der Waals surface area (Å²) in [6.45, 7) is 17.6. The molecule has 0 saturated heterocycles.